The third kappa shape index (κ3) is 3.45. The maximum atomic E-state index is 5.92. The minimum absolute atomic E-state index is 0.516. The minimum atomic E-state index is 0.516. The summed E-state index contributed by atoms with van der Waals surface area (Å²) in [4.78, 5) is 5.34. The lowest BCUT2D eigenvalue weighted by Crippen LogP contribution is -2.08. The molecule has 0 radical (unpaired) electrons. The zero-order valence-corrected chi connectivity index (χ0v) is 12.2. The summed E-state index contributed by atoms with van der Waals surface area (Å²) in [6, 6.07) is 5.91. The Hall–Kier alpha value is -1.59. The molecule has 5 heteroatoms. The van der Waals surface area contributed by atoms with E-state index in [9.17, 15) is 0 Å². The standard InChI is InChI=1S/C14H18N2O2S/c1-10-16-8-12(19-10)9-18-14-11(7-15-2)5-4-6-13(14)17-3/h4-6,8,15H,7,9H2,1-3H3. The summed E-state index contributed by atoms with van der Waals surface area (Å²) >= 11 is 1.65. The number of nitrogens with one attached hydrogen (secondary N) is 1. The van der Waals surface area contributed by atoms with Gasteiger partial charge in [-0.25, -0.2) is 4.98 Å². The van der Waals surface area contributed by atoms with Crippen LogP contribution in [0, 0.1) is 6.92 Å². The first-order valence-electron chi connectivity index (χ1n) is 6.09. The Morgan fingerprint density at radius 2 is 2.21 bits per heavy atom. The van der Waals surface area contributed by atoms with Gasteiger partial charge in [0.25, 0.3) is 0 Å². The average molecular weight is 278 g/mol. The molecule has 0 unspecified atom stereocenters. The van der Waals surface area contributed by atoms with E-state index in [0.717, 1.165) is 33.5 Å². The number of ether oxygens (including phenoxy) is 2. The highest BCUT2D eigenvalue weighted by molar-refractivity contribution is 7.11. The van der Waals surface area contributed by atoms with Crippen LogP contribution in [0.3, 0.4) is 0 Å². The van der Waals surface area contributed by atoms with Crippen LogP contribution >= 0.6 is 11.3 Å². The van der Waals surface area contributed by atoms with Crippen LogP contribution in [0.15, 0.2) is 24.4 Å². The van der Waals surface area contributed by atoms with Gasteiger partial charge in [0.1, 0.15) is 6.61 Å². The molecule has 0 spiro atoms. The molecule has 1 N–H and O–H groups in total. The lowest BCUT2D eigenvalue weighted by Gasteiger charge is -2.14. The van der Waals surface area contributed by atoms with Crippen LogP contribution in [0.2, 0.25) is 0 Å². The highest BCUT2D eigenvalue weighted by atomic mass is 32.1. The fraction of sp³-hybridized carbons (Fsp3) is 0.357. The SMILES string of the molecule is CNCc1cccc(OC)c1OCc1cnc(C)s1. The number of hydrogen-bond acceptors (Lipinski definition) is 5. The van der Waals surface area contributed by atoms with Crippen molar-refractivity contribution in [2.45, 2.75) is 20.1 Å². The normalized spacial score (nSPS) is 10.5. The first kappa shape index (κ1) is 13.8. The molecule has 1 aromatic carbocycles. The van der Waals surface area contributed by atoms with Gasteiger partial charge >= 0.3 is 0 Å². The van der Waals surface area contributed by atoms with Gasteiger partial charge in [-0.05, 0) is 20.0 Å². The van der Waals surface area contributed by atoms with Crippen LogP contribution in [-0.4, -0.2) is 19.1 Å². The number of aryl methyl sites for hydroxylation is 1. The number of thiazole rings is 1. The predicted molar refractivity (Wildman–Crippen MR) is 76.9 cm³/mol. The van der Waals surface area contributed by atoms with E-state index < -0.39 is 0 Å². The molecule has 0 aliphatic carbocycles. The van der Waals surface area contributed by atoms with E-state index in [2.05, 4.69) is 10.3 Å². The summed E-state index contributed by atoms with van der Waals surface area (Å²) in [7, 11) is 3.57. The molecule has 2 aromatic rings. The fourth-order valence-electron chi connectivity index (χ4n) is 1.83. The van der Waals surface area contributed by atoms with Gasteiger partial charge in [-0.1, -0.05) is 12.1 Å². The van der Waals surface area contributed by atoms with E-state index in [-0.39, 0.29) is 0 Å². The Labute approximate surface area is 117 Å². The number of aromatic nitrogens is 1. The molecule has 0 bridgehead atoms. The van der Waals surface area contributed by atoms with Crippen molar-refractivity contribution in [1.29, 1.82) is 0 Å². The summed E-state index contributed by atoms with van der Waals surface area (Å²) in [5.41, 5.74) is 1.09. The molecule has 4 nitrogen and oxygen atoms in total. The third-order valence-corrected chi connectivity index (χ3v) is 3.56. The van der Waals surface area contributed by atoms with Gasteiger partial charge in [0.15, 0.2) is 11.5 Å². The van der Waals surface area contributed by atoms with E-state index in [1.54, 1.807) is 18.4 Å². The lowest BCUT2D eigenvalue weighted by atomic mass is 10.2. The second-order valence-corrected chi connectivity index (χ2v) is 5.43. The smallest absolute Gasteiger partial charge is 0.166 e. The van der Waals surface area contributed by atoms with Crippen molar-refractivity contribution < 1.29 is 9.47 Å². The van der Waals surface area contributed by atoms with Crippen molar-refractivity contribution in [3.8, 4) is 11.5 Å². The van der Waals surface area contributed by atoms with Crippen molar-refractivity contribution in [1.82, 2.24) is 10.3 Å². The molecule has 0 aliphatic rings. The average Bonchev–Trinajstić information content (AvgIpc) is 2.83. The van der Waals surface area contributed by atoms with Crippen LogP contribution in [-0.2, 0) is 13.2 Å². The fourth-order valence-corrected chi connectivity index (χ4v) is 2.54. The first-order valence-corrected chi connectivity index (χ1v) is 6.91. The van der Waals surface area contributed by atoms with Gasteiger partial charge in [0, 0.05) is 18.3 Å². The van der Waals surface area contributed by atoms with Crippen LogP contribution in [0.4, 0.5) is 0 Å². The number of nitrogens with zero attached hydrogens (tertiary/aromatic N) is 1. The molecule has 0 saturated heterocycles. The predicted octanol–water partition coefficient (Wildman–Crippen LogP) is 2.76. The van der Waals surface area contributed by atoms with Gasteiger partial charge in [-0.3, -0.25) is 0 Å². The number of methoxy groups -OCH3 is 1. The number of rotatable bonds is 6. The molecule has 19 heavy (non-hydrogen) atoms. The Morgan fingerprint density at radius 1 is 1.37 bits per heavy atom. The van der Waals surface area contributed by atoms with Crippen LogP contribution in [0.5, 0.6) is 11.5 Å². The monoisotopic (exact) mass is 278 g/mol. The molecule has 1 heterocycles. The molecular formula is C14H18N2O2S. The van der Waals surface area contributed by atoms with Crippen LogP contribution < -0.4 is 14.8 Å². The Bertz CT molecular complexity index is 540. The Morgan fingerprint density at radius 3 is 2.84 bits per heavy atom. The van der Waals surface area contributed by atoms with E-state index in [1.165, 1.54) is 0 Å². The zero-order valence-electron chi connectivity index (χ0n) is 11.4. The topological polar surface area (TPSA) is 43.4 Å². The van der Waals surface area contributed by atoms with Gasteiger partial charge in [-0.15, -0.1) is 11.3 Å². The maximum Gasteiger partial charge on any atom is 0.166 e. The van der Waals surface area contributed by atoms with Crippen LogP contribution in [0.25, 0.3) is 0 Å². The van der Waals surface area contributed by atoms with E-state index >= 15 is 0 Å². The molecule has 0 fully saturated rings. The van der Waals surface area contributed by atoms with Gasteiger partial charge in [-0.2, -0.15) is 0 Å². The molecule has 0 saturated carbocycles. The summed E-state index contributed by atoms with van der Waals surface area (Å²) in [5, 5.41) is 4.18. The van der Waals surface area contributed by atoms with Crippen molar-refractivity contribution in [3.63, 3.8) is 0 Å². The second kappa shape index (κ2) is 6.54. The van der Waals surface area contributed by atoms with Crippen LogP contribution in [0.1, 0.15) is 15.4 Å². The quantitative estimate of drug-likeness (QED) is 0.882. The van der Waals surface area contributed by atoms with Crippen molar-refractivity contribution in [2.75, 3.05) is 14.2 Å². The van der Waals surface area contributed by atoms with Crippen molar-refractivity contribution in [3.05, 3.63) is 39.8 Å². The number of benzene rings is 1. The van der Waals surface area contributed by atoms with E-state index in [0.29, 0.717) is 6.61 Å². The largest absolute Gasteiger partial charge is 0.493 e. The Kier molecular flexibility index (Phi) is 4.76. The zero-order chi connectivity index (χ0) is 13.7. The van der Waals surface area contributed by atoms with Crippen molar-refractivity contribution in [2.24, 2.45) is 0 Å². The Balaban J connectivity index is 2.17. The van der Waals surface area contributed by atoms with E-state index in [4.69, 9.17) is 9.47 Å². The maximum absolute atomic E-state index is 5.92. The number of hydrogen-bond donors (Lipinski definition) is 1. The van der Waals surface area contributed by atoms with Gasteiger partial charge in [0.2, 0.25) is 0 Å². The summed E-state index contributed by atoms with van der Waals surface area (Å²) in [5.74, 6) is 1.55. The molecule has 2 rings (SSSR count). The summed E-state index contributed by atoms with van der Waals surface area (Å²) in [6.45, 7) is 3.25. The van der Waals surface area contributed by atoms with E-state index in [1.807, 2.05) is 38.4 Å². The minimum Gasteiger partial charge on any atom is -0.493 e. The first-order chi connectivity index (χ1) is 9.24. The second-order valence-electron chi connectivity index (χ2n) is 4.11. The summed E-state index contributed by atoms with van der Waals surface area (Å²) < 4.78 is 11.3. The third-order valence-electron chi connectivity index (χ3n) is 2.68. The number of para-hydroxylation sites is 1. The van der Waals surface area contributed by atoms with Gasteiger partial charge in [0.05, 0.1) is 17.0 Å². The summed E-state index contributed by atoms with van der Waals surface area (Å²) in [6.07, 6.45) is 1.85. The van der Waals surface area contributed by atoms with Gasteiger partial charge < -0.3 is 14.8 Å². The highest BCUT2D eigenvalue weighted by Gasteiger charge is 2.10. The molecule has 102 valence electrons. The molecule has 0 aliphatic heterocycles. The molecule has 0 atom stereocenters. The van der Waals surface area contributed by atoms with Crippen molar-refractivity contribution >= 4 is 11.3 Å². The molecule has 0 amide bonds. The molecular weight excluding hydrogens is 260 g/mol. The highest BCUT2D eigenvalue weighted by Crippen LogP contribution is 2.32. The molecule has 1 aromatic heterocycles. The lowest BCUT2D eigenvalue weighted by molar-refractivity contribution is 0.283.